The van der Waals surface area contributed by atoms with Crippen LogP contribution in [0.25, 0.3) is 0 Å². The fraction of sp³-hybridized carbons (Fsp3) is 0.444. The summed E-state index contributed by atoms with van der Waals surface area (Å²) >= 11 is 1.66. The number of nitrogens with one attached hydrogen (secondary N) is 1. The van der Waals surface area contributed by atoms with E-state index in [-0.39, 0.29) is 0 Å². The predicted molar refractivity (Wildman–Crippen MR) is 101 cm³/mol. The molecule has 0 fully saturated rings. The van der Waals surface area contributed by atoms with Crippen LogP contribution < -0.4 is 14.8 Å². The molecule has 0 atom stereocenters. The van der Waals surface area contributed by atoms with Crippen LogP contribution in [0.15, 0.2) is 28.6 Å². The first-order valence-electron chi connectivity index (χ1n) is 8.37. The van der Waals surface area contributed by atoms with Gasteiger partial charge in [0.1, 0.15) is 0 Å². The van der Waals surface area contributed by atoms with Crippen LogP contribution in [0.3, 0.4) is 0 Å². The van der Waals surface area contributed by atoms with Gasteiger partial charge >= 0.3 is 0 Å². The standard InChI is InChI=1S/C18H24N4O2S/c1-13-21-15(12-25-13)11-22(3)18(19-2)20-10-14-6-4-7-16-17(14)24-9-5-8-23-16/h4,6-7,12H,5,8-11H2,1-3H3,(H,19,20). The minimum atomic E-state index is 0.625. The van der Waals surface area contributed by atoms with Gasteiger partial charge in [-0.3, -0.25) is 4.99 Å². The zero-order valence-electron chi connectivity index (χ0n) is 14.9. The van der Waals surface area contributed by atoms with Crippen molar-refractivity contribution >= 4 is 17.3 Å². The number of nitrogens with zero attached hydrogens (tertiary/aromatic N) is 3. The first kappa shape index (κ1) is 17.5. The lowest BCUT2D eigenvalue weighted by Crippen LogP contribution is -2.38. The number of aromatic nitrogens is 1. The summed E-state index contributed by atoms with van der Waals surface area (Å²) in [4.78, 5) is 10.9. The maximum Gasteiger partial charge on any atom is 0.194 e. The number of hydrogen-bond donors (Lipinski definition) is 1. The van der Waals surface area contributed by atoms with E-state index in [1.165, 1.54) is 0 Å². The molecule has 0 radical (unpaired) electrons. The molecule has 0 saturated heterocycles. The Hall–Kier alpha value is -2.28. The first-order chi connectivity index (χ1) is 12.2. The zero-order chi connectivity index (χ0) is 17.6. The molecule has 3 rings (SSSR count). The van der Waals surface area contributed by atoms with Crippen molar-refractivity contribution in [1.82, 2.24) is 15.2 Å². The molecule has 1 aliphatic rings. The van der Waals surface area contributed by atoms with E-state index in [0.29, 0.717) is 19.8 Å². The van der Waals surface area contributed by atoms with Crippen molar-refractivity contribution in [2.24, 2.45) is 4.99 Å². The summed E-state index contributed by atoms with van der Waals surface area (Å²) in [6, 6.07) is 6.00. The highest BCUT2D eigenvalue weighted by molar-refractivity contribution is 7.09. The Bertz CT molecular complexity index is 744. The second-order valence-corrected chi connectivity index (χ2v) is 6.97. The molecule has 0 unspecified atom stereocenters. The monoisotopic (exact) mass is 360 g/mol. The molecule has 134 valence electrons. The van der Waals surface area contributed by atoms with Crippen molar-refractivity contribution < 1.29 is 9.47 Å². The molecule has 1 aromatic carbocycles. The van der Waals surface area contributed by atoms with Crippen LogP contribution in [-0.4, -0.2) is 43.2 Å². The Morgan fingerprint density at radius 2 is 2.20 bits per heavy atom. The third-order valence-corrected chi connectivity index (χ3v) is 4.75. The summed E-state index contributed by atoms with van der Waals surface area (Å²) in [5.74, 6) is 2.47. The Morgan fingerprint density at radius 3 is 2.96 bits per heavy atom. The van der Waals surface area contributed by atoms with E-state index in [1.807, 2.05) is 26.1 Å². The molecule has 25 heavy (non-hydrogen) atoms. The highest BCUT2D eigenvalue weighted by Gasteiger charge is 2.15. The van der Waals surface area contributed by atoms with Crippen LogP contribution in [0.1, 0.15) is 22.7 Å². The molecule has 1 aliphatic heterocycles. The third kappa shape index (κ3) is 4.42. The molecule has 2 aromatic rings. The lowest BCUT2D eigenvalue weighted by atomic mass is 10.2. The average molecular weight is 360 g/mol. The van der Waals surface area contributed by atoms with Crippen molar-refractivity contribution in [1.29, 1.82) is 0 Å². The molecule has 1 N–H and O–H groups in total. The van der Waals surface area contributed by atoms with E-state index < -0.39 is 0 Å². The van der Waals surface area contributed by atoms with E-state index in [9.17, 15) is 0 Å². The van der Waals surface area contributed by atoms with E-state index in [0.717, 1.165) is 46.7 Å². The van der Waals surface area contributed by atoms with E-state index in [1.54, 1.807) is 18.4 Å². The summed E-state index contributed by atoms with van der Waals surface area (Å²) in [6.07, 6.45) is 0.902. The zero-order valence-corrected chi connectivity index (χ0v) is 15.7. The molecule has 6 nitrogen and oxygen atoms in total. The van der Waals surface area contributed by atoms with Crippen LogP contribution in [0.2, 0.25) is 0 Å². The van der Waals surface area contributed by atoms with Gasteiger partial charge in [-0.15, -0.1) is 11.3 Å². The number of para-hydroxylation sites is 1. The first-order valence-corrected chi connectivity index (χ1v) is 9.25. The lowest BCUT2D eigenvalue weighted by Gasteiger charge is -2.22. The number of guanidine groups is 1. The molecule has 1 aromatic heterocycles. The molecule has 0 spiro atoms. The average Bonchev–Trinajstić information content (AvgIpc) is 2.86. The van der Waals surface area contributed by atoms with Crippen molar-refractivity contribution in [2.45, 2.75) is 26.4 Å². The number of hydrogen-bond acceptors (Lipinski definition) is 5. The maximum absolute atomic E-state index is 5.88. The summed E-state index contributed by atoms with van der Waals surface area (Å²) < 4.78 is 11.6. The van der Waals surface area contributed by atoms with Crippen molar-refractivity contribution in [3.63, 3.8) is 0 Å². The van der Waals surface area contributed by atoms with Gasteiger partial charge in [0.25, 0.3) is 0 Å². The van der Waals surface area contributed by atoms with Crippen LogP contribution in [0, 0.1) is 6.92 Å². The van der Waals surface area contributed by atoms with Gasteiger partial charge in [0.15, 0.2) is 17.5 Å². The molecule has 0 saturated carbocycles. The number of benzene rings is 1. The predicted octanol–water partition coefficient (Wildman–Crippen LogP) is 2.82. The van der Waals surface area contributed by atoms with Gasteiger partial charge in [0.2, 0.25) is 0 Å². The second kappa shape index (κ2) is 8.20. The Labute approximate surface area is 152 Å². The number of fused-ring (bicyclic) bond motifs is 1. The van der Waals surface area contributed by atoms with Gasteiger partial charge < -0.3 is 19.7 Å². The number of ether oxygens (including phenoxy) is 2. The smallest absolute Gasteiger partial charge is 0.194 e. The highest BCUT2D eigenvalue weighted by atomic mass is 32.1. The molecule has 2 heterocycles. The lowest BCUT2D eigenvalue weighted by molar-refractivity contribution is 0.296. The number of rotatable bonds is 4. The van der Waals surface area contributed by atoms with Gasteiger partial charge in [-0.1, -0.05) is 12.1 Å². The van der Waals surface area contributed by atoms with Crippen molar-refractivity contribution in [3.05, 3.63) is 39.8 Å². The summed E-state index contributed by atoms with van der Waals surface area (Å²) in [5, 5.41) is 6.56. The fourth-order valence-electron chi connectivity index (χ4n) is 2.75. The Kier molecular flexibility index (Phi) is 5.75. The molecular weight excluding hydrogens is 336 g/mol. The largest absolute Gasteiger partial charge is 0.490 e. The van der Waals surface area contributed by atoms with Crippen LogP contribution in [-0.2, 0) is 13.1 Å². The Morgan fingerprint density at radius 1 is 1.36 bits per heavy atom. The van der Waals surface area contributed by atoms with Crippen LogP contribution >= 0.6 is 11.3 Å². The van der Waals surface area contributed by atoms with E-state index >= 15 is 0 Å². The minimum Gasteiger partial charge on any atom is -0.490 e. The second-order valence-electron chi connectivity index (χ2n) is 5.91. The maximum atomic E-state index is 5.88. The molecular formula is C18H24N4O2S. The summed E-state index contributed by atoms with van der Waals surface area (Å²) in [7, 11) is 3.80. The van der Waals surface area contributed by atoms with Crippen LogP contribution in [0.5, 0.6) is 11.5 Å². The molecule has 0 amide bonds. The van der Waals surface area contributed by atoms with Crippen LogP contribution in [0.4, 0.5) is 0 Å². The van der Waals surface area contributed by atoms with Gasteiger partial charge in [-0.2, -0.15) is 0 Å². The third-order valence-electron chi connectivity index (χ3n) is 3.93. The number of aliphatic imine (C=N–C) groups is 1. The van der Waals surface area contributed by atoms with E-state index in [2.05, 4.69) is 31.6 Å². The van der Waals surface area contributed by atoms with E-state index in [4.69, 9.17) is 9.47 Å². The minimum absolute atomic E-state index is 0.625. The summed E-state index contributed by atoms with van der Waals surface area (Å²) in [5.41, 5.74) is 2.12. The van der Waals surface area contributed by atoms with Crippen molar-refractivity contribution in [3.8, 4) is 11.5 Å². The normalized spacial score (nSPS) is 14.1. The quantitative estimate of drug-likeness (QED) is 0.671. The Balaban J connectivity index is 1.65. The van der Waals surface area contributed by atoms with Gasteiger partial charge in [0, 0.05) is 38.0 Å². The molecule has 0 bridgehead atoms. The number of thiazole rings is 1. The van der Waals surface area contributed by atoms with Gasteiger partial charge in [0.05, 0.1) is 30.5 Å². The summed E-state index contributed by atoms with van der Waals surface area (Å²) in [6.45, 7) is 4.74. The highest BCUT2D eigenvalue weighted by Crippen LogP contribution is 2.33. The number of aryl methyl sites for hydroxylation is 1. The molecule has 0 aliphatic carbocycles. The van der Waals surface area contributed by atoms with Gasteiger partial charge in [-0.05, 0) is 13.0 Å². The fourth-order valence-corrected chi connectivity index (χ4v) is 3.35. The van der Waals surface area contributed by atoms with Gasteiger partial charge in [-0.25, -0.2) is 4.98 Å². The van der Waals surface area contributed by atoms with Crippen molar-refractivity contribution in [2.75, 3.05) is 27.3 Å². The SMILES string of the molecule is CN=C(NCc1cccc2c1OCCCO2)N(C)Cc1csc(C)n1. The molecule has 7 heteroatoms. The topological polar surface area (TPSA) is 59.0 Å².